The van der Waals surface area contributed by atoms with Crippen molar-refractivity contribution in [1.29, 1.82) is 5.26 Å². The zero-order valence-electron chi connectivity index (χ0n) is 11.2. The van der Waals surface area contributed by atoms with Crippen molar-refractivity contribution in [2.24, 2.45) is 7.05 Å². The van der Waals surface area contributed by atoms with E-state index in [2.05, 4.69) is 11.1 Å². The van der Waals surface area contributed by atoms with E-state index in [1.165, 1.54) is 0 Å². The van der Waals surface area contributed by atoms with Gasteiger partial charge in [-0.2, -0.15) is 5.26 Å². The third-order valence-corrected chi connectivity index (χ3v) is 2.80. The van der Waals surface area contributed by atoms with E-state index in [1.807, 2.05) is 36.0 Å². The van der Waals surface area contributed by atoms with Crippen LogP contribution in [0.1, 0.15) is 5.69 Å². The number of nitrogens with zero attached hydrogens (tertiary/aromatic N) is 3. The summed E-state index contributed by atoms with van der Waals surface area (Å²) in [4.78, 5) is 4.45. The predicted molar refractivity (Wildman–Crippen MR) is 71.1 cm³/mol. The molecule has 0 unspecified atom stereocenters. The van der Waals surface area contributed by atoms with Crippen LogP contribution in [-0.2, 0) is 13.5 Å². The Bertz CT molecular complexity index is 604. The minimum atomic E-state index is 0.301. The number of imidazole rings is 1. The molecule has 0 atom stereocenters. The highest BCUT2D eigenvalue weighted by atomic mass is 16.5. The highest BCUT2D eigenvalue weighted by molar-refractivity contribution is 5.61. The average molecular weight is 257 g/mol. The van der Waals surface area contributed by atoms with Crippen LogP contribution in [0.2, 0.25) is 0 Å². The van der Waals surface area contributed by atoms with Crippen LogP contribution in [0.3, 0.4) is 0 Å². The average Bonchev–Trinajstić information content (AvgIpc) is 2.79. The van der Waals surface area contributed by atoms with Crippen LogP contribution in [0, 0.1) is 11.3 Å². The lowest BCUT2D eigenvalue weighted by atomic mass is 10.2. The molecule has 0 aliphatic carbocycles. The number of methoxy groups -OCH3 is 2. The van der Waals surface area contributed by atoms with Crippen LogP contribution in [-0.4, -0.2) is 23.8 Å². The molecule has 0 aliphatic heterocycles. The summed E-state index contributed by atoms with van der Waals surface area (Å²) in [5, 5.41) is 8.72. The fourth-order valence-electron chi connectivity index (χ4n) is 1.90. The van der Waals surface area contributed by atoms with E-state index in [0.717, 1.165) is 17.1 Å². The molecule has 98 valence electrons. The van der Waals surface area contributed by atoms with Gasteiger partial charge in [0, 0.05) is 24.9 Å². The van der Waals surface area contributed by atoms with Gasteiger partial charge in [0.1, 0.15) is 17.3 Å². The van der Waals surface area contributed by atoms with Gasteiger partial charge in [0.25, 0.3) is 0 Å². The van der Waals surface area contributed by atoms with Crippen LogP contribution in [0.15, 0.2) is 24.4 Å². The molecule has 0 bridgehead atoms. The fourth-order valence-corrected chi connectivity index (χ4v) is 1.90. The SMILES string of the molecule is COc1cc(OC)cc(-c2nc(CC#N)cn2C)c1. The van der Waals surface area contributed by atoms with Crippen molar-refractivity contribution in [3.8, 4) is 29.0 Å². The van der Waals surface area contributed by atoms with E-state index in [4.69, 9.17) is 14.7 Å². The van der Waals surface area contributed by atoms with Gasteiger partial charge in [-0.05, 0) is 12.1 Å². The first-order chi connectivity index (χ1) is 9.17. The lowest BCUT2D eigenvalue weighted by Gasteiger charge is -2.08. The quantitative estimate of drug-likeness (QED) is 0.842. The lowest BCUT2D eigenvalue weighted by molar-refractivity contribution is 0.394. The van der Waals surface area contributed by atoms with Crippen LogP contribution in [0.5, 0.6) is 11.5 Å². The van der Waals surface area contributed by atoms with Crippen molar-refractivity contribution in [1.82, 2.24) is 9.55 Å². The predicted octanol–water partition coefficient (Wildman–Crippen LogP) is 2.17. The summed E-state index contributed by atoms with van der Waals surface area (Å²) in [6, 6.07) is 7.68. The number of nitriles is 1. The third kappa shape index (κ3) is 2.68. The van der Waals surface area contributed by atoms with E-state index < -0.39 is 0 Å². The number of hydrogen-bond donors (Lipinski definition) is 0. The van der Waals surface area contributed by atoms with Crippen molar-refractivity contribution < 1.29 is 9.47 Å². The van der Waals surface area contributed by atoms with Crippen molar-refractivity contribution in [2.45, 2.75) is 6.42 Å². The van der Waals surface area contributed by atoms with Gasteiger partial charge < -0.3 is 14.0 Å². The van der Waals surface area contributed by atoms with E-state index in [1.54, 1.807) is 14.2 Å². The van der Waals surface area contributed by atoms with Crippen molar-refractivity contribution in [3.63, 3.8) is 0 Å². The molecule has 0 aliphatic rings. The Balaban J connectivity index is 2.48. The molecule has 0 saturated heterocycles. The third-order valence-electron chi connectivity index (χ3n) is 2.80. The smallest absolute Gasteiger partial charge is 0.140 e. The molecule has 0 amide bonds. The van der Waals surface area contributed by atoms with E-state index in [9.17, 15) is 0 Å². The van der Waals surface area contributed by atoms with E-state index in [0.29, 0.717) is 17.9 Å². The molecule has 0 fully saturated rings. The topological polar surface area (TPSA) is 60.1 Å². The van der Waals surface area contributed by atoms with Gasteiger partial charge in [-0.1, -0.05) is 0 Å². The molecule has 2 rings (SSSR count). The molecule has 1 aromatic carbocycles. The van der Waals surface area contributed by atoms with Gasteiger partial charge in [0.15, 0.2) is 0 Å². The Morgan fingerprint density at radius 2 is 1.84 bits per heavy atom. The Morgan fingerprint density at radius 3 is 2.37 bits per heavy atom. The van der Waals surface area contributed by atoms with Crippen molar-refractivity contribution in [3.05, 3.63) is 30.1 Å². The first-order valence-corrected chi connectivity index (χ1v) is 5.80. The van der Waals surface area contributed by atoms with Gasteiger partial charge >= 0.3 is 0 Å². The number of ether oxygens (including phenoxy) is 2. The molecule has 19 heavy (non-hydrogen) atoms. The van der Waals surface area contributed by atoms with Gasteiger partial charge in [0.2, 0.25) is 0 Å². The second-order valence-corrected chi connectivity index (χ2v) is 4.10. The number of hydrogen-bond acceptors (Lipinski definition) is 4. The Labute approximate surface area is 112 Å². The van der Waals surface area contributed by atoms with Crippen LogP contribution in [0.25, 0.3) is 11.4 Å². The first kappa shape index (κ1) is 13.0. The molecule has 0 N–H and O–H groups in total. The normalized spacial score (nSPS) is 10.0. The molecule has 1 heterocycles. The second-order valence-electron chi connectivity index (χ2n) is 4.10. The van der Waals surface area contributed by atoms with Crippen LogP contribution >= 0.6 is 0 Å². The monoisotopic (exact) mass is 257 g/mol. The Kier molecular flexibility index (Phi) is 3.71. The van der Waals surface area contributed by atoms with Crippen LogP contribution in [0.4, 0.5) is 0 Å². The molecule has 5 nitrogen and oxygen atoms in total. The molecular formula is C14H15N3O2. The summed E-state index contributed by atoms with van der Waals surface area (Å²) in [6.07, 6.45) is 2.15. The van der Waals surface area contributed by atoms with Crippen molar-refractivity contribution >= 4 is 0 Å². The summed E-state index contributed by atoms with van der Waals surface area (Å²) in [7, 11) is 5.12. The maximum atomic E-state index is 8.72. The minimum Gasteiger partial charge on any atom is -0.497 e. The summed E-state index contributed by atoms with van der Waals surface area (Å²) in [5.41, 5.74) is 1.64. The molecule has 0 spiro atoms. The highest BCUT2D eigenvalue weighted by Crippen LogP contribution is 2.29. The van der Waals surface area contributed by atoms with Crippen LogP contribution < -0.4 is 9.47 Å². The summed E-state index contributed by atoms with van der Waals surface area (Å²) in [5.74, 6) is 2.20. The van der Waals surface area contributed by atoms with Gasteiger partial charge in [-0.15, -0.1) is 0 Å². The number of benzene rings is 1. The van der Waals surface area contributed by atoms with E-state index in [-0.39, 0.29) is 0 Å². The zero-order valence-corrected chi connectivity index (χ0v) is 11.2. The summed E-state index contributed by atoms with van der Waals surface area (Å²) < 4.78 is 12.4. The van der Waals surface area contributed by atoms with Gasteiger partial charge in [0.05, 0.1) is 32.4 Å². The maximum Gasteiger partial charge on any atom is 0.140 e. The van der Waals surface area contributed by atoms with Crippen molar-refractivity contribution in [2.75, 3.05) is 14.2 Å². The lowest BCUT2D eigenvalue weighted by Crippen LogP contribution is -1.94. The van der Waals surface area contributed by atoms with Gasteiger partial charge in [-0.3, -0.25) is 0 Å². The summed E-state index contributed by atoms with van der Waals surface area (Å²) in [6.45, 7) is 0. The minimum absolute atomic E-state index is 0.301. The zero-order chi connectivity index (χ0) is 13.8. The molecule has 2 aromatic rings. The first-order valence-electron chi connectivity index (χ1n) is 5.80. The molecule has 0 radical (unpaired) electrons. The summed E-state index contributed by atoms with van der Waals surface area (Å²) >= 11 is 0. The number of rotatable bonds is 4. The van der Waals surface area contributed by atoms with Gasteiger partial charge in [-0.25, -0.2) is 4.98 Å². The van der Waals surface area contributed by atoms with E-state index >= 15 is 0 Å². The standard InChI is InChI=1S/C14H15N3O2/c1-17-9-11(4-5-15)16-14(17)10-6-12(18-2)8-13(7-10)19-3/h6-9H,4H2,1-3H3. The molecule has 5 heteroatoms. The molecular weight excluding hydrogens is 242 g/mol. The largest absolute Gasteiger partial charge is 0.497 e. The maximum absolute atomic E-state index is 8.72. The second kappa shape index (κ2) is 5.44. The molecule has 1 aromatic heterocycles. The number of aryl methyl sites for hydroxylation is 1. The Hall–Kier alpha value is -2.48. The highest BCUT2D eigenvalue weighted by Gasteiger charge is 2.10. The molecule has 0 saturated carbocycles. The fraction of sp³-hybridized carbons (Fsp3) is 0.286. The Morgan fingerprint density at radius 1 is 1.21 bits per heavy atom. The number of aromatic nitrogens is 2.